The molecule has 0 saturated carbocycles. The number of rotatable bonds is 2. The van der Waals surface area contributed by atoms with Crippen molar-refractivity contribution < 1.29 is 19.2 Å². The minimum Gasteiger partial charge on any atom is -0.481 e. The highest BCUT2D eigenvalue weighted by atomic mass is 19.1. The highest BCUT2D eigenvalue weighted by Crippen LogP contribution is 2.03. The largest absolute Gasteiger partial charge is 0.494 e. The third kappa shape index (κ3) is 1.72. The fourth-order valence-corrected chi connectivity index (χ4v) is 0.789. The maximum Gasteiger partial charge on any atom is 0.494 e. The van der Waals surface area contributed by atoms with E-state index in [1.54, 1.807) is 0 Å². The molecule has 64 valence electrons. The molecule has 1 heterocycles. The van der Waals surface area contributed by atoms with Crippen LogP contribution in [-0.4, -0.2) is 29.3 Å². The van der Waals surface area contributed by atoms with Crippen LogP contribution in [0.2, 0.25) is 0 Å². The van der Waals surface area contributed by atoms with Gasteiger partial charge in [-0.1, -0.05) is 6.07 Å². The lowest BCUT2D eigenvalue weighted by Crippen LogP contribution is -2.31. The third-order valence-corrected chi connectivity index (χ3v) is 1.33. The minimum atomic E-state index is -1.70. The number of nitrogens with zero attached hydrogens (tertiary/aromatic N) is 1. The Labute approximate surface area is 68.8 Å². The molecular weight excluding hydrogens is 164 g/mol. The third-order valence-electron chi connectivity index (χ3n) is 1.33. The Bertz CT molecular complexity index is 281. The van der Waals surface area contributed by atoms with Crippen molar-refractivity contribution >= 4 is 12.6 Å². The zero-order valence-electron chi connectivity index (χ0n) is 6.36. The van der Waals surface area contributed by atoms with Gasteiger partial charge in [-0.3, -0.25) is 0 Å². The van der Waals surface area contributed by atoms with E-state index in [1.165, 1.54) is 13.2 Å². The zero-order valence-corrected chi connectivity index (χ0v) is 6.36. The van der Waals surface area contributed by atoms with Gasteiger partial charge in [0.25, 0.3) is 0 Å². The van der Waals surface area contributed by atoms with Gasteiger partial charge in [-0.05, 0) is 6.07 Å². The van der Waals surface area contributed by atoms with Crippen LogP contribution in [-0.2, 0) is 0 Å². The number of pyridine rings is 1. The topological polar surface area (TPSA) is 62.6 Å². The van der Waals surface area contributed by atoms with Crippen LogP contribution < -0.4 is 10.2 Å². The molecule has 0 atom stereocenters. The van der Waals surface area contributed by atoms with Crippen LogP contribution in [0.5, 0.6) is 5.88 Å². The second kappa shape index (κ2) is 3.51. The summed E-state index contributed by atoms with van der Waals surface area (Å²) in [5.41, 5.74) is 0.0406. The molecule has 1 aromatic heterocycles. The molecule has 4 nitrogen and oxygen atoms in total. The summed E-state index contributed by atoms with van der Waals surface area (Å²) >= 11 is 0. The van der Waals surface area contributed by atoms with Gasteiger partial charge in [0.2, 0.25) is 11.8 Å². The second-order valence-electron chi connectivity index (χ2n) is 2.11. The van der Waals surface area contributed by atoms with Crippen molar-refractivity contribution in [2.24, 2.45) is 0 Å². The van der Waals surface area contributed by atoms with Crippen LogP contribution in [0.15, 0.2) is 12.1 Å². The Hall–Kier alpha value is -1.14. The first kappa shape index (κ1) is 8.96. The molecule has 0 amide bonds. The molecule has 0 radical (unpaired) electrons. The Morgan fingerprint density at radius 1 is 1.50 bits per heavy atom. The van der Waals surface area contributed by atoms with Crippen LogP contribution in [0.25, 0.3) is 0 Å². The Morgan fingerprint density at radius 3 is 2.67 bits per heavy atom. The molecule has 0 aliphatic heterocycles. The van der Waals surface area contributed by atoms with E-state index in [-0.39, 0.29) is 11.3 Å². The molecule has 0 spiro atoms. The summed E-state index contributed by atoms with van der Waals surface area (Å²) in [6.07, 6.45) is 0. The number of aromatic nitrogens is 1. The van der Waals surface area contributed by atoms with Crippen LogP contribution >= 0.6 is 0 Å². The fourth-order valence-electron chi connectivity index (χ4n) is 0.789. The monoisotopic (exact) mass is 171 g/mol. The lowest BCUT2D eigenvalue weighted by Gasteiger charge is -2.04. The summed E-state index contributed by atoms with van der Waals surface area (Å²) in [5, 5.41) is 17.5. The molecule has 1 aromatic rings. The van der Waals surface area contributed by atoms with Crippen molar-refractivity contribution in [3.8, 4) is 5.88 Å². The molecule has 0 aromatic carbocycles. The molecule has 0 fully saturated rings. The number of ether oxygens (including phenoxy) is 1. The van der Waals surface area contributed by atoms with Crippen molar-refractivity contribution in [2.45, 2.75) is 0 Å². The number of methoxy groups -OCH3 is 1. The van der Waals surface area contributed by atoms with E-state index in [4.69, 9.17) is 10.0 Å². The summed E-state index contributed by atoms with van der Waals surface area (Å²) in [6, 6.07) is 2.23. The predicted octanol–water partition coefficient (Wildman–Crippen LogP) is -1.09. The first-order valence-corrected chi connectivity index (χ1v) is 3.21. The first-order chi connectivity index (χ1) is 5.65. The molecule has 0 unspecified atom stereocenters. The summed E-state index contributed by atoms with van der Waals surface area (Å²) < 4.78 is 17.1. The number of hydrogen-bond donors (Lipinski definition) is 2. The Kier molecular flexibility index (Phi) is 2.62. The second-order valence-corrected chi connectivity index (χ2v) is 2.11. The van der Waals surface area contributed by atoms with Crippen LogP contribution in [0, 0.1) is 5.95 Å². The van der Waals surface area contributed by atoms with Gasteiger partial charge >= 0.3 is 7.12 Å². The van der Waals surface area contributed by atoms with Gasteiger partial charge in [-0.2, -0.15) is 9.37 Å². The standard InChI is InChI=1S/C6H7BFNO3/c1-12-6-4(7(10)11)2-3-5(8)9-6/h2-3,10-11H,1H3. The van der Waals surface area contributed by atoms with E-state index in [0.29, 0.717) is 0 Å². The van der Waals surface area contributed by atoms with E-state index < -0.39 is 13.1 Å². The fraction of sp³-hybridized carbons (Fsp3) is 0.167. The Morgan fingerprint density at radius 2 is 2.17 bits per heavy atom. The summed E-state index contributed by atoms with van der Waals surface area (Å²) in [4.78, 5) is 3.30. The molecule has 12 heavy (non-hydrogen) atoms. The molecular formula is C6H7BFNO3. The normalized spacial score (nSPS) is 9.67. The van der Waals surface area contributed by atoms with Gasteiger partial charge in [0.15, 0.2) is 0 Å². The van der Waals surface area contributed by atoms with E-state index in [0.717, 1.165) is 6.07 Å². The van der Waals surface area contributed by atoms with Crippen LogP contribution in [0.4, 0.5) is 4.39 Å². The zero-order chi connectivity index (χ0) is 9.14. The summed E-state index contributed by atoms with van der Waals surface area (Å²) in [7, 11) is -0.429. The predicted molar refractivity (Wildman–Crippen MR) is 40.6 cm³/mol. The highest BCUT2D eigenvalue weighted by Gasteiger charge is 2.18. The van der Waals surface area contributed by atoms with Gasteiger partial charge in [-0.25, -0.2) is 0 Å². The molecule has 0 aliphatic rings. The first-order valence-electron chi connectivity index (χ1n) is 3.21. The maximum absolute atomic E-state index is 12.4. The molecule has 6 heteroatoms. The van der Waals surface area contributed by atoms with Crippen molar-refractivity contribution in [2.75, 3.05) is 7.11 Å². The van der Waals surface area contributed by atoms with E-state index in [9.17, 15) is 4.39 Å². The lowest BCUT2D eigenvalue weighted by atomic mass is 9.81. The molecule has 0 saturated heterocycles. The average molecular weight is 171 g/mol. The van der Waals surface area contributed by atoms with Crippen LogP contribution in [0.3, 0.4) is 0 Å². The van der Waals surface area contributed by atoms with Gasteiger partial charge in [0.1, 0.15) is 0 Å². The maximum atomic E-state index is 12.4. The number of halogens is 1. The van der Waals surface area contributed by atoms with E-state index >= 15 is 0 Å². The highest BCUT2D eigenvalue weighted by molar-refractivity contribution is 6.59. The van der Waals surface area contributed by atoms with Gasteiger partial charge in [-0.15, -0.1) is 0 Å². The SMILES string of the molecule is COc1nc(F)ccc1B(O)O. The van der Waals surface area contributed by atoms with Crippen LogP contribution in [0.1, 0.15) is 0 Å². The summed E-state index contributed by atoms with van der Waals surface area (Å²) in [6.45, 7) is 0. The minimum absolute atomic E-state index is 0.0406. The molecule has 2 N–H and O–H groups in total. The van der Waals surface area contributed by atoms with Gasteiger partial charge in [0.05, 0.1) is 7.11 Å². The van der Waals surface area contributed by atoms with Gasteiger partial charge in [0, 0.05) is 5.46 Å². The van der Waals surface area contributed by atoms with Gasteiger partial charge < -0.3 is 14.8 Å². The Balaban J connectivity index is 3.11. The lowest BCUT2D eigenvalue weighted by molar-refractivity contribution is 0.382. The van der Waals surface area contributed by atoms with E-state index in [1.807, 2.05) is 0 Å². The summed E-state index contributed by atoms with van der Waals surface area (Å²) in [5.74, 6) is -0.846. The smallest absolute Gasteiger partial charge is 0.481 e. The van der Waals surface area contributed by atoms with Crippen molar-refractivity contribution in [1.29, 1.82) is 0 Å². The quantitative estimate of drug-likeness (QED) is 0.438. The molecule has 1 rings (SSSR count). The van der Waals surface area contributed by atoms with Crippen molar-refractivity contribution in [3.63, 3.8) is 0 Å². The van der Waals surface area contributed by atoms with E-state index in [2.05, 4.69) is 9.72 Å². The molecule has 0 bridgehead atoms. The molecule has 0 aliphatic carbocycles. The van der Waals surface area contributed by atoms with Crippen molar-refractivity contribution in [3.05, 3.63) is 18.1 Å². The van der Waals surface area contributed by atoms with Crippen molar-refractivity contribution in [1.82, 2.24) is 4.98 Å². The average Bonchev–Trinajstić information content (AvgIpc) is 2.03. The number of hydrogen-bond acceptors (Lipinski definition) is 4.